The van der Waals surface area contributed by atoms with E-state index in [1.165, 1.54) is 19.1 Å². The van der Waals surface area contributed by atoms with Gasteiger partial charge in [0, 0.05) is 0 Å². The van der Waals surface area contributed by atoms with Crippen LogP contribution in [0.1, 0.15) is 17.3 Å². The minimum Gasteiger partial charge on any atom is -0.341 e. The molecule has 0 radical (unpaired) electrons. The molecule has 1 aromatic rings. The fraction of sp³-hybridized carbons (Fsp3) is 0.222. The molecule has 76 valence electrons. The molecule has 0 aliphatic heterocycles. The molecule has 0 aliphatic carbocycles. The molecule has 0 bridgehead atoms. The Balaban J connectivity index is 2.79. The number of carbonyl (C=O) groups excluding carboxylic acids is 1. The molecule has 14 heavy (non-hydrogen) atoms. The summed E-state index contributed by atoms with van der Waals surface area (Å²) in [5.74, 6) is -1.06. The van der Waals surface area contributed by atoms with Gasteiger partial charge in [0.2, 0.25) is 0 Å². The summed E-state index contributed by atoms with van der Waals surface area (Å²) >= 11 is 0. The van der Waals surface area contributed by atoms with Crippen molar-refractivity contribution in [3.63, 3.8) is 0 Å². The van der Waals surface area contributed by atoms with E-state index in [9.17, 15) is 13.2 Å². The maximum atomic E-state index is 11.2. The zero-order valence-electron chi connectivity index (χ0n) is 7.64. The van der Waals surface area contributed by atoms with Crippen molar-refractivity contribution in [3.8, 4) is 0 Å². The number of rotatable bonds is 3. The van der Waals surface area contributed by atoms with E-state index < -0.39 is 16.1 Å². The summed E-state index contributed by atoms with van der Waals surface area (Å²) in [6.07, 6.45) is 0. The second kappa shape index (κ2) is 4.23. The van der Waals surface area contributed by atoms with Crippen LogP contribution < -0.4 is 0 Å². The van der Waals surface area contributed by atoms with E-state index in [2.05, 4.69) is 4.18 Å². The maximum Gasteiger partial charge on any atom is 0.353 e. The molecule has 0 aliphatic rings. The quantitative estimate of drug-likeness (QED) is 0.709. The Morgan fingerprint density at radius 3 is 2.36 bits per heavy atom. The highest BCUT2D eigenvalue weighted by Crippen LogP contribution is 2.04. The van der Waals surface area contributed by atoms with Crippen molar-refractivity contribution in [3.05, 3.63) is 35.9 Å². The van der Waals surface area contributed by atoms with Crippen LogP contribution in [0.25, 0.3) is 0 Å². The lowest BCUT2D eigenvalue weighted by Crippen LogP contribution is -2.14. The molecule has 0 fully saturated rings. The van der Waals surface area contributed by atoms with Crippen molar-refractivity contribution in [1.82, 2.24) is 0 Å². The van der Waals surface area contributed by atoms with Gasteiger partial charge in [-0.05, 0) is 19.1 Å². The van der Waals surface area contributed by atoms with E-state index in [0.29, 0.717) is 0 Å². The van der Waals surface area contributed by atoms with Gasteiger partial charge >= 0.3 is 16.1 Å². The van der Waals surface area contributed by atoms with Gasteiger partial charge in [-0.25, -0.2) is 4.79 Å². The van der Waals surface area contributed by atoms with E-state index in [4.69, 9.17) is 0 Å². The first-order valence-corrected chi connectivity index (χ1v) is 5.64. The third-order valence-electron chi connectivity index (χ3n) is 1.57. The summed E-state index contributed by atoms with van der Waals surface area (Å²) in [5, 5.41) is 0. The summed E-state index contributed by atoms with van der Waals surface area (Å²) in [6, 6.07) is 7.98. The van der Waals surface area contributed by atoms with Crippen molar-refractivity contribution in [2.75, 3.05) is 5.75 Å². The Morgan fingerprint density at radius 1 is 1.29 bits per heavy atom. The maximum absolute atomic E-state index is 11.2. The molecular formula is C9H10O4S. The van der Waals surface area contributed by atoms with E-state index >= 15 is 0 Å². The lowest BCUT2D eigenvalue weighted by molar-refractivity contribution is 0.0747. The molecule has 1 rings (SSSR count). The summed E-state index contributed by atoms with van der Waals surface area (Å²) in [5.41, 5.74) is 0.226. The van der Waals surface area contributed by atoms with Crippen LogP contribution in [-0.4, -0.2) is 20.1 Å². The first-order valence-electron chi connectivity index (χ1n) is 4.06. The fourth-order valence-corrected chi connectivity index (χ4v) is 1.24. The van der Waals surface area contributed by atoms with Crippen LogP contribution in [0.5, 0.6) is 0 Å². The second-order valence-electron chi connectivity index (χ2n) is 2.58. The van der Waals surface area contributed by atoms with Gasteiger partial charge in [0.15, 0.2) is 0 Å². The summed E-state index contributed by atoms with van der Waals surface area (Å²) in [7, 11) is -3.72. The van der Waals surface area contributed by atoms with Crippen molar-refractivity contribution in [2.24, 2.45) is 0 Å². The number of hydrogen-bond acceptors (Lipinski definition) is 4. The summed E-state index contributed by atoms with van der Waals surface area (Å²) < 4.78 is 26.2. The van der Waals surface area contributed by atoms with Crippen molar-refractivity contribution >= 4 is 16.1 Å². The standard InChI is InChI=1S/C9H10O4S/c1-2-14(11,12)13-9(10)8-6-4-3-5-7-8/h3-7H,2H2,1H3. The number of benzene rings is 1. The highest BCUT2D eigenvalue weighted by molar-refractivity contribution is 7.87. The second-order valence-corrected chi connectivity index (χ2v) is 4.44. The normalized spacial score (nSPS) is 10.9. The van der Waals surface area contributed by atoms with Gasteiger partial charge in [0.1, 0.15) is 0 Å². The van der Waals surface area contributed by atoms with Crippen LogP contribution in [0.15, 0.2) is 30.3 Å². The minimum atomic E-state index is -3.72. The molecule has 0 saturated carbocycles. The van der Waals surface area contributed by atoms with Crippen LogP contribution in [-0.2, 0) is 14.3 Å². The molecule has 4 nitrogen and oxygen atoms in total. The zero-order chi connectivity index (χ0) is 10.6. The smallest absolute Gasteiger partial charge is 0.341 e. The molecule has 0 aromatic heterocycles. The topological polar surface area (TPSA) is 60.4 Å². The molecule has 0 spiro atoms. The van der Waals surface area contributed by atoms with Gasteiger partial charge in [-0.3, -0.25) is 0 Å². The predicted octanol–water partition coefficient (Wildman–Crippen LogP) is 1.19. The van der Waals surface area contributed by atoms with Crippen molar-refractivity contribution in [1.29, 1.82) is 0 Å². The van der Waals surface area contributed by atoms with Crippen molar-refractivity contribution < 1.29 is 17.4 Å². The first-order chi connectivity index (χ1) is 6.55. The lowest BCUT2D eigenvalue weighted by atomic mass is 10.2. The molecule has 0 N–H and O–H groups in total. The molecule has 5 heteroatoms. The van der Waals surface area contributed by atoms with Crippen LogP contribution in [0.2, 0.25) is 0 Å². The number of carbonyl (C=O) groups is 1. The van der Waals surface area contributed by atoms with E-state index in [1.54, 1.807) is 18.2 Å². The van der Waals surface area contributed by atoms with E-state index in [1.807, 2.05) is 0 Å². The predicted molar refractivity (Wildman–Crippen MR) is 51.3 cm³/mol. The Kier molecular flexibility index (Phi) is 3.24. The first kappa shape index (κ1) is 10.7. The van der Waals surface area contributed by atoms with Crippen LogP contribution in [0, 0.1) is 0 Å². The third kappa shape index (κ3) is 2.85. The number of hydrogen-bond donors (Lipinski definition) is 0. The van der Waals surface area contributed by atoms with Gasteiger partial charge in [0.05, 0.1) is 11.3 Å². The summed E-state index contributed by atoms with van der Waals surface area (Å²) in [4.78, 5) is 11.2. The molecule has 0 amide bonds. The fourth-order valence-electron chi connectivity index (χ4n) is 0.797. The molecular weight excluding hydrogens is 204 g/mol. The van der Waals surface area contributed by atoms with E-state index in [-0.39, 0.29) is 11.3 Å². The lowest BCUT2D eigenvalue weighted by Gasteiger charge is -2.02. The molecule has 1 aromatic carbocycles. The van der Waals surface area contributed by atoms with Crippen LogP contribution in [0.3, 0.4) is 0 Å². The zero-order valence-corrected chi connectivity index (χ0v) is 8.45. The van der Waals surface area contributed by atoms with Gasteiger partial charge in [-0.2, -0.15) is 8.42 Å². The van der Waals surface area contributed by atoms with Crippen molar-refractivity contribution in [2.45, 2.75) is 6.92 Å². The van der Waals surface area contributed by atoms with Gasteiger partial charge in [-0.1, -0.05) is 18.2 Å². The average molecular weight is 214 g/mol. The van der Waals surface area contributed by atoms with Gasteiger partial charge in [0.25, 0.3) is 0 Å². The van der Waals surface area contributed by atoms with Crippen LogP contribution >= 0.6 is 0 Å². The average Bonchev–Trinajstić information content (AvgIpc) is 2.19. The van der Waals surface area contributed by atoms with E-state index in [0.717, 1.165) is 0 Å². The molecule has 0 saturated heterocycles. The Labute approximate surface area is 82.6 Å². The SMILES string of the molecule is CCS(=O)(=O)OC(=O)c1ccccc1. The largest absolute Gasteiger partial charge is 0.353 e. The summed E-state index contributed by atoms with van der Waals surface area (Å²) in [6.45, 7) is 1.41. The Hall–Kier alpha value is -1.36. The third-order valence-corrected chi connectivity index (χ3v) is 2.68. The highest BCUT2D eigenvalue weighted by atomic mass is 32.2. The highest BCUT2D eigenvalue weighted by Gasteiger charge is 2.15. The Bertz CT molecular complexity index is 408. The Morgan fingerprint density at radius 2 is 1.86 bits per heavy atom. The molecule has 0 atom stereocenters. The minimum absolute atomic E-state index is 0.217. The van der Waals surface area contributed by atoms with Gasteiger partial charge in [-0.15, -0.1) is 0 Å². The van der Waals surface area contributed by atoms with Gasteiger partial charge < -0.3 is 4.18 Å². The molecule has 0 heterocycles. The molecule has 0 unspecified atom stereocenters. The van der Waals surface area contributed by atoms with Crippen LogP contribution in [0.4, 0.5) is 0 Å². The monoisotopic (exact) mass is 214 g/mol.